The number of hydrogen-bond acceptors (Lipinski definition) is 2. The number of nitriles is 1. The molecule has 2 aromatic carbocycles. The molecule has 88 valence electrons. The van der Waals surface area contributed by atoms with E-state index in [-0.39, 0.29) is 5.78 Å². The molecule has 0 amide bonds. The zero-order chi connectivity index (χ0) is 12.8. The first-order chi connectivity index (χ1) is 8.81. The third-order valence-electron chi connectivity index (χ3n) is 2.83. The minimum atomic E-state index is 0.0241. The van der Waals surface area contributed by atoms with Crippen LogP contribution in [0, 0.1) is 11.3 Å². The lowest BCUT2D eigenvalue weighted by molar-refractivity contribution is 0.0982. The lowest BCUT2D eigenvalue weighted by Crippen LogP contribution is -2.03. The van der Waals surface area contributed by atoms with E-state index >= 15 is 0 Å². The molecule has 2 rings (SSSR count). The first-order valence-corrected chi connectivity index (χ1v) is 5.87. The molecule has 18 heavy (non-hydrogen) atoms. The van der Waals surface area contributed by atoms with Crippen LogP contribution < -0.4 is 0 Å². The maximum absolute atomic E-state index is 12.0. The van der Waals surface area contributed by atoms with Gasteiger partial charge in [0.05, 0.1) is 11.6 Å². The minimum Gasteiger partial charge on any atom is -0.294 e. The van der Waals surface area contributed by atoms with Crippen molar-refractivity contribution < 1.29 is 4.79 Å². The molecule has 0 heterocycles. The number of hydrogen-bond donors (Lipinski definition) is 0. The molecule has 0 aliphatic carbocycles. The van der Waals surface area contributed by atoms with Crippen LogP contribution in [0.1, 0.15) is 27.9 Å². The van der Waals surface area contributed by atoms with Gasteiger partial charge in [-0.05, 0) is 18.1 Å². The molecule has 0 spiro atoms. The topological polar surface area (TPSA) is 40.9 Å². The zero-order valence-electron chi connectivity index (χ0n) is 9.97. The highest BCUT2D eigenvalue weighted by molar-refractivity contribution is 5.98. The first kappa shape index (κ1) is 12.1. The Labute approximate surface area is 107 Å². The van der Waals surface area contributed by atoms with Crippen LogP contribution in [-0.2, 0) is 6.42 Å². The number of carbonyl (C=O) groups excluding carboxylic acids is 1. The molecule has 0 radical (unpaired) electrons. The summed E-state index contributed by atoms with van der Waals surface area (Å²) < 4.78 is 0. The maximum atomic E-state index is 12.0. The summed E-state index contributed by atoms with van der Waals surface area (Å²) in [6, 6.07) is 18.9. The van der Waals surface area contributed by atoms with E-state index in [0.717, 1.165) is 5.56 Å². The smallest absolute Gasteiger partial charge is 0.164 e. The van der Waals surface area contributed by atoms with Gasteiger partial charge in [-0.1, -0.05) is 48.5 Å². The summed E-state index contributed by atoms with van der Waals surface area (Å²) in [5, 5.41) is 8.95. The number of aryl methyl sites for hydroxylation is 1. The van der Waals surface area contributed by atoms with Gasteiger partial charge in [0.15, 0.2) is 5.78 Å². The second-order valence-corrected chi connectivity index (χ2v) is 4.07. The maximum Gasteiger partial charge on any atom is 0.164 e. The Morgan fingerprint density at radius 1 is 1.00 bits per heavy atom. The molecule has 2 heteroatoms. The van der Waals surface area contributed by atoms with Crippen molar-refractivity contribution >= 4 is 5.78 Å². The lowest BCUT2D eigenvalue weighted by Gasteiger charge is -2.03. The number of nitrogens with zero attached hydrogens (tertiary/aromatic N) is 1. The van der Waals surface area contributed by atoms with Crippen molar-refractivity contribution in [2.24, 2.45) is 0 Å². The largest absolute Gasteiger partial charge is 0.294 e. The summed E-state index contributed by atoms with van der Waals surface area (Å²) in [6.45, 7) is 0. The van der Waals surface area contributed by atoms with E-state index in [2.05, 4.69) is 6.07 Å². The molecular formula is C16H13NO. The second-order valence-electron chi connectivity index (χ2n) is 4.07. The zero-order valence-corrected chi connectivity index (χ0v) is 9.97. The summed E-state index contributed by atoms with van der Waals surface area (Å²) in [4.78, 5) is 12.0. The van der Waals surface area contributed by atoms with Gasteiger partial charge in [0.1, 0.15) is 0 Å². The summed E-state index contributed by atoms with van der Waals surface area (Å²) in [6.07, 6.45) is 1.14. The molecule has 0 aromatic heterocycles. The van der Waals surface area contributed by atoms with Crippen LogP contribution in [0.4, 0.5) is 0 Å². The van der Waals surface area contributed by atoms with E-state index in [0.29, 0.717) is 24.0 Å². The quantitative estimate of drug-likeness (QED) is 0.762. The van der Waals surface area contributed by atoms with E-state index in [1.807, 2.05) is 30.3 Å². The molecule has 0 bridgehead atoms. The van der Waals surface area contributed by atoms with Crippen molar-refractivity contribution in [2.45, 2.75) is 12.8 Å². The molecule has 0 unspecified atom stereocenters. The van der Waals surface area contributed by atoms with Gasteiger partial charge < -0.3 is 0 Å². The van der Waals surface area contributed by atoms with E-state index in [4.69, 9.17) is 5.26 Å². The number of benzene rings is 2. The Morgan fingerprint density at radius 2 is 1.67 bits per heavy atom. The van der Waals surface area contributed by atoms with Crippen LogP contribution in [0.25, 0.3) is 0 Å². The average Bonchev–Trinajstić information content (AvgIpc) is 2.45. The van der Waals surface area contributed by atoms with Gasteiger partial charge in [-0.3, -0.25) is 4.79 Å². The molecule has 0 atom stereocenters. The fourth-order valence-corrected chi connectivity index (χ4v) is 1.86. The standard InChI is InChI=1S/C16H13NO/c17-12-14-8-4-5-9-15(14)16(18)11-10-13-6-2-1-3-7-13/h1-9H,10-11H2. The Balaban J connectivity index is 2.07. The molecule has 0 N–H and O–H groups in total. The fourth-order valence-electron chi connectivity index (χ4n) is 1.86. The van der Waals surface area contributed by atoms with Crippen LogP contribution >= 0.6 is 0 Å². The van der Waals surface area contributed by atoms with Crippen molar-refractivity contribution in [3.8, 4) is 6.07 Å². The van der Waals surface area contributed by atoms with Gasteiger partial charge in [0.2, 0.25) is 0 Å². The van der Waals surface area contributed by atoms with Crippen molar-refractivity contribution in [3.05, 3.63) is 71.3 Å². The molecular weight excluding hydrogens is 222 g/mol. The van der Waals surface area contributed by atoms with E-state index in [1.165, 1.54) is 0 Å². The SMILES string of the molecule is N#Cc1ccccc1C(=O)CCc1ccccc1. The van der Waals surface area contributed by atoms with Crippen LogP contribution in [-0.4, -0.2) is 5.78 Å². The van der Waals surface area contributed by atoms with E-state index in [9.17, 15) is 4.79 Å². The fraction of sp³-hybridized carbons (Fsp3) is 0.125. The molecule has 0 saturated heterocycles. The summed E-state index contributed by atoms with van der Waals surface area (Å²) in [5.74, 6) is 0.0241. The van der Waals surface area contributed by atoms with Crippen molar-refractivity contribution in [3.63, 3.8) is 0 Å². The van der Waals surface area contributed by atoms with Gasteiger partial charge in [-0.2, -0.15) is 5.26 Å². The highest BCUT2D eigenvalue weighted by Gasteiger charge is 2.10. The number of Topliss-reactive ketones (excluding diaryl/α,β-unsaturated/α-hetero) is 1. The van der Waals surface area contributed by atoms with Crippen LogP contribution in [0.2, 0.25) is 0 Å². The summed E-state index contributed by atoms with van der Waals surface area (Å²) in [5.41, 5.74) is 2.12. The van der Waals surface area contributed by atoms with Gasteiger partial charge in [0.25, 0.3) is 0 Å². The third-order valence-corrected chi connectivity index (χ3v) is 2.83. The highest BCUT2D eigenvalue weighted by atomic mass is 16.1. The van der Waals surface area contributed by atoms with Crippen molar-refractivity contribution in [1.82, 2.24) is 0 Å². The molecule has 2 aromatic rings. The Hall–Kier alpha value is -2.40. The summed E-state index contributed by atoms with van der Waals surface area (Å²) >= 11 is 0. The Morgan fingerprint density at radius 3 is 2.39 bits per heavy atom. The lowest BCUT2D eigenvalue weighted by atomic mass is 9.99. The normalized spacial score (nSPS) is 9.72. The van der Waals surface area contributed by atoms with Crippen molar-refractivity contribution in [2.75, 3.05) is 0 Å². The Bertz CT molecular complexity index is 582. The van der Waals surface area contributed by atoms with Crippen LogP contribution in [0.5, 0.6) is 0 Å². The van der Waals surface area contributed by atoms with Crippen molar-refractivity contribution in [1.29, 1.82) is 5.26 Å². The average molecular weight is 235 g/mol. The second kappa shape index (κ2) is 5.79. The van der Waals surface area contributed by atoms with E-state index in [1.54, 1.807) is 24.3 Å². The molecule has 2 nitrogen and oxygen atoms in total. The summed E-state index contributed by atoms with van der Waals surface area (Å²) in [7, 11) is 0. The first-order valence-electron chi connectivity index (χ1n) is 5.87. The number of ketones is 1. The number of rotatable bonds is 4. The van der Waals surface area contributed by atoms with Gasteiger partial charge in [0, 0.05) is 12.0 Å². The molecule has 0 aliphatic rings. The van der Waals surface area contributed by atoms with Crippen LogP contribution in [0.15, 0.2) is 54.6 Å². The van der Waals surface area contributed by atoms with Gasteiger partial charge in [-0.15, -0.1) is 0 Å². The van der Waals surface area contributed by atoms with Gasteiger partial charge >= 0.3 is 0 Å². The number of carbonyl (C=O) groups is 1. The molecule has 0 aliphatic heterocycles. The highest BCUT2D eigenvalue weighted by Crippen LogP contribution is 2.12. The predicted molar refractivity (Wildman–Crippen MR) is 70.3 cm³/mol. The predicted octanol–water partition coefficient (Wildman–Crippen LogP) is 3.37. The minimum absolute atomic E-state index is 0.0241. The molecule has 0 fully saturated rings. The van der Waals surface area contributed by atoms with E-state index < -0.39 is 0 Å². The third kappa shape index (κ3) is 2.83. The monoisotopic (exact) mass is 235 g/mol. The van der Waals surface area contributed by atoms with Gasteiger partial charge in [-0.25, -0.2) is 0 Å². The van der Waals surface area contributed by atoms with Crippen LogP contribution in [0.3, 0.4) is 0 Å². The Kier molecular flexibility index (Phi) is 3.88. The molecule has 0 saturated carbocycles.